The third-order valence-electron chi connectivity index (χ3n) is 3.97. The van der Waals surface area contributed by atoms with Crippen LogP contribution in [0.15, 0.2) is 34.4 Å². The zero-order valence-corrected chi connectivity index (χ0v) is 15.5. The van der Waals surface area contributed by atoms with Crippen molar-refractivity contribution in [1.29, 1.82) is 0 Å². The lowest BCUT2D eigenvalue weighted by atomic mass is 10.2. The lowest BCUT2D eigenvalue weighted by molar-refractivity contribution is 0.198. The summed E-state index contributed by atoms with van der Waals surface area (Å²) in [5.41, 5.74) is 8.76. The maximum atomic E-state index is 9.72. The van der Waals surface area contributed by atoms with E-state index in [0.29, 0.717) is 35.3 Å². The topological polar surface area (TPSA) is 101 Å². The van der Waals surface area contributed by atoms with E-state index < -0.39 is 0 Å². The van der Waals surface area contributed by atoms with E-state index in [-0.39, 0.29) is 6.10 Å². The van der Waals surface area contributed by atoms with Crippen molar-refractivity contribution in [2.75, 3.05) is 23.7 Å². The minimum absolute atomic E-state index is 0.329. The Labute approximate surface area is 156 Å². The standard InChI is InChI=1S/C16H15BrN6OS/c17-13-10(18)7-12(21-14(13)15-19-4-6-25-15)11-1-3-20-16(22-11)23-5-2-9(24)8-23/h1,3-4,6-7,9,24H,2,5,8H2,(H2,18,21)/t9-/m1/s1. The number of hydrogen-bond acceptors (Lipinski definition) is 8. The quantitative estimate of drug-likeness (QED) is 0.673. The van der Waals surface area contributed by atoms with Crippen molar-refractivity contribution >= 4 is 38.9 Å². The fraction of sp³-hybridized carbons (Fsp3) is 0.250. The molecule has 1 atom stereocenters. The number of halogens is 1. The van der Waals surface area contributed by atoms with E-state index in [1.165, 1.54) is 11.3 Å². The number of aliphatic hydroxyl groups is 1. The van der Waals surface area contributed by atoms with Gasteiger partial charge in [-0.3, -0.25) is 0 Å². The Balaban J connectivity index is 1.75. The highest BCUT2D eigenvalue weighted by atomic mass is 79.9. The minimum Gasteiger partial charge on any atom is -0.398 e. The number of nitrogens with two attached hydrogens (primary N) is 1. The molecule has 3 aromatic heterocycles. The molecular weight excluding hydrogens is 404 g/mol. The molecule has 0 radical (unpaired) electrons. The largest absolute Gasteiger partial charge is 0.398 e. The summed E-state index contributed by atoms with van der Waals surface area (Å²) >= 11 is 4.99. The highest BCUT2D eigenvalue weighted by molar-refractivity contribution is 9.10. The third-order valence-corrected chi connectivity index (χ3v) is 5.59. The van der Waals surface area contributed by atoms with Gasteiger partial charge in [0.25, 0.3) is 0 Å². The molecule has 1 aliphatic heterocycles. The predicted octanol–water partition coefficient (Wildman–Crippen LogP) is 2.58. The van der Waals surface area contributed by atoms with Crippen molar-refractivity contribution in [3.63, 3.8) is 0 Å². The Kier molecular flexibility index (Phi) is 4.36. The van der Waals surface area contributed by atoms with Crippen molar-refractivity contribution in [3.8, 4) is 22.1 Å². The number of rotatable bonds is 3. The highest BCUT2D eigenvalue weighted by Crippen LogP contribution is 2.35. The van der Waals surface area contributed by atoms with Crippen LogP contribution >= 0.6 is 27.3 Å². The van der Waals surface area contributed by atoms with Crippen LogP contribution in [-0.2, 0) is 0 Å². The average Bonchev–Trinajstić information content (AvgIpc) is 3.29. The van der Waals surface area contributed by atoms with Crippen LogP contribution in [-0.4, -0.2) is 44.2 Å². The molecule has 0 aliphatic carbocycles. The molecule has 7 nitrogen and oxygen atoms in total. The SMILES string of the molecule is Nc1cc(-c2ccnc(N3CC[C@@H](O)C3)n2)nc(-c2nccs2)c1Br. The number of hydrogen-bond donors (Lipinski definition) is 2. The van der Waals surface area contributed by atoms with Crippen molar-refractivity contribution in [2.24, 2.45) is 0 Å². The van der Waals surface area contributed by atoms with Crippen LogP contribution in [0.1, 0.15) is 6.42 Å². The van der Waals surface area contributed by atoms with Crippen LogP contribution in [0.4, 0.5) is 11.6 Å². The van der Waals surface area contributed by atoms with E-state index in [2.05, 4.69) is 30.9 Å². The van der Waals surface area contributed by atoms with E-state index >= 15 is 0 Å². The van der Waals surface area contributed by atoms with Gasteiger partial charge in [-0.2, -0.15) is 0 Å². The summed E-state index contributed by atoms with van der Waals surface area (Å²) in [7, 11) is 0. The minimum atomic E-state index is -0.329. The van der Waals surface area contributed by atoms with Crippen molar-refractivity contribution in [2.45, 2.75) is 12.5 Å². The molecule has 4 heterocycles. The molecule has 0 bridgehead atoms. The molecule has 9 heteroatoms. The van der Waals surface area contributed by atoms with E-state index in [4.69, 9.17) is 10.7 Å². The van der Waals surface area contributed by atoms with Gasteiger partial charge in [-0.1, -0.05) is 0 Å². The third kappa shape index (κ3) is 3.22. The number of nitrogens with zero attached hydrogens (tertiary/aromatic N) is 5. The summed E-state index contributed by atoms with van der Waals surface area (Å²) in [6.45, 7) is 1.29. The van der Waals surface area contributed by atoms with Gasteiger partial charge < -0.3 is 15.7 Å². The van der Waals surface area contributed by atoms with Gasteiger partial charge in [0.1, 0.15) is 10.7 Å². The Morgan fingerprint density at radius 2 is 2.12 bits per heavy atom. The molecular formula is C16H15BrN6OS. The van der Waals surface area contributed by atoms with Crippen LogP contribution < -0.4 is 10.6 Å². The van der Waals surface area contributed by atoms with E-state index in [1.807, 2.05) is 10.3 Å². The number of aromatic nitrogens is 4. The van der Waals surface area contributed by atoms with Crippen LogP contribution in [0.3, 0.4) is 0 Å². The second kappa shape index (κ2) is 6.66. The van der Waals surface area contributed by atoms with E-state index in [1.54, 1.807) is 24.5 Å². The number of nitrogen functional groups attached to an aromatic ring is 1. The number of pyridine rings is 1. The predicted molar refractivity (Wildman–Crippen MR) is 101 cm³/mol. The molecule has 1 fully saturated rings. The van der Waals surface area contributed by atoms with Crippen LogP contribution in [0, 0.1) is 0 Å². The molecule has 1 aliphatic rings. The second-order valence-corrected chi connectivity index (χ2v) is 7.41. The van der Waals surface area contributed by atoms with Crippen LogP contribution in [0.5, 0.6) is 0 Å². The van der Waals surface area contributed by atoms with Crippen molar-refractivity contribution in [3.05, 3.63) is 34.4 Å². The van der Waals surface area contributed by atoms with Crippen LogP contribution in [0.25, 0.3) is 22.1 Å². The summed E-state index contributed by atoms with van der Waals surface area (Å²) in [5, 5.41) is 12.4. The fourth-order valence-corrected chi connectivity index (χ4v) is 3.88. The first-order valence-corrected chi connectivity index (χ1v) is 9.41. The Morgan fingerprint density at radius 1 is 1.24 bits per heavy atom. The van der Waals surface area contributed by atoms with Crippen molar-refractivity contribution in [1.82, 2.24) is 19.9 Å². The molecule has 0 spiro atoms. The maximum Gasteiger partial charge on any atom is 0.225 e. The number of anilines is 2. The molecule has 0 saturated carbocycles. The molecule has 128 valence electrons. The summed E-state index contributed by atoms with van der Waals surface area (Å²) in [6.07, 6.45) is 3.83. The Morgan fingerprint density at radius 3 is 2.84 bits per heavy atom. The lowest BCUT2D eigenvalue weighted by Gasteiger charge is -2.16. The van der Waals surface area contributed by atoms with Gasteiger partial charge in [-0.15, -0.1) is 11.3 Å². The Bertz CT molecular complexity index is 904. The zero-order valence-electron chi connectivity index (χ0n) is 13.1. The summed E-state index contributed by atoms with van der Waals surface area (Å²) < 4.78 is 0.725. The van der Waals surface area contributed by atoms with Gasteiger partial charge in [-0.25, -0.2) is 19.9 Å². The molecule has 3 aromatic rings. The maximum absolute atomic E-state index is 9.72. The molecule has 1 saturated heterocycles. The molecule has 25 heavy (non-hydrogen) atoms. The van der Waals surface area contributed by atoms with Crippen LogP contribution in [0.2, 0.25) is 0 Å². The van der Waals surface area contributed by atoms with Gasteiger partial charge in [0.05, 0.1) is 27.7 Å². The van der Waals surface area contributed by atoms with E-state index in [9.17, 15) is 5.11 Å². The molecule has 0 amide bonds. The lowest BCUT2D eigenvalue weighted by Crippen LogP contribution is -2.23. The molecule has 0 aromatic carbocycles. The highest BCUT2D eigenvalue weighted by Gasteiger charge is 2.23. The number of thiazole rings is 1. The van der Waals surface area contributed by atoms with Gasteiger partial charge in [-0.05, 0) is 34.5 Å². The van der Waals surface area contributed by atoms with E-state index in [0.717, 1.165) is 22.4 Å². The van der Waals surface area contributed by atoms with Gasteiger partial charge >= 0.3 is 0 Å². The first-order valence-electron chi connectivity index (χ1n) is 7.74. The second-order valence-electron chi connectivity index (χ2n) is 5.73. The molecule has 0 unspecified atom stereocenters. The summed E-state index contributed by atoms with van der Waals surface area (Å²) in [6, 6.07) is 3.59. The van der Waals surface area contributed by atoms with Gasteiger partial charge in [0, 0.05) is 30.9 Å². The smallest absolute Gasteiger partial charge is 0.225 e. The first kappa shape index (κ1) is 16.4. The van der Waals surface area contributed by atoms with Crippen molar-refractivity contribution < 1.29 is 5.11 Å². The normalized spacial score (nSPS) is 17.2. The molecule has 4 rings (SSSR count). The fourth-order valence-electron chi connectivity index (χ4n) is 2.73. The number of aliphatic hydroxyl groups excluding tert-OH is 1. The summed E-state index contributed by atoms with van der Waals surface area (Å²) in [4.78, 5) is 19.9. The number of β-amino-alcohol motifs (C(OH)–C–C–N with tert-alkyl or cyclic N) is 1. The monoisotopic (exact) mass is 418 g/mol. The van der Waals surface area contributed by atoms with Gasteiger partial charge in [0.2, 0.25) is 5.95 Å². The Hall–Kier alpha value is -2.10. The first-order chi connectivity index (χ1) is 12.1. The van der Waals surface area contributed by atoms with Gasteiger partial charge in [0.15, 0.2) is 0 Å². The summed E-state index contributed by atoms with van der Waals surface area (Å²) in [5.74, 6) is 0.591. The zero-order chi connectivity index (χ0) is 17.4. The molecule has 3 N–H and O–H groups in total. The average molecular weight is 419 g/mol.